The number of hydrogen-bond acceptors (Lipinski definition) is 2. The van der Waals surface area contributed by atoms with Crippen LogP contribution in [0, 0.1) is 6.92 Å². The molecule has 0 radical (unpaired) electrons. The van der Waals surface area contributed by atoms with Gasteiger partial charge in [-0.05, 0) is 50.6 Å². The number of Topliss-reactive ketones (excluding diaryl/α,β-unsaturated/α-hetero) is 1. The van der Waals surface area contributed by atoms with Crippen LogP contribution in [0.5, 0.6) is 0 Å². The third-order valence-electron chi connectivity index (χ3n) is 5.06. The minimum Gasteiger partial charge on any atom is -0.302 e. The van der Waals surface area contributed by atoms with E-state index in [1.54, 1.807) is 0 Å². The molecule has 0 N–H and O–H groups in total. The molecule has 1 aliphatic rings. The van der Waals surface area contributed by atoms with Crippen LogP contribution in [-0.2, 0) is 0 Å². The maximum absolute atomic E-state index is 13.2. The molecule has 1 aliphatic heterocycles. The zero-order chi connectivity index (χ0) is 17.6. The third kappa shape index (κ3) is 4.93. The molecule has 2 aromatic carbocycles. The van der Waals surface area contributed by atoms with Crippen LogP contribution in [-0.4, -0.2) is 30.3 Å². The normalized spacial score (nSPS) is 17.0. The molecule has 1 saturated heterocycles. The average molecular weight is 356 g/mol. The lowest BCUT2D eigenvalue weighted by Gasteiger charge is -2.26. The highest BCUT2D eigenvalue weighted by Gasteiger charge is 2.25. The molecule has 1 fully saturated rings. The number of halogens is 1. The van der Waals surface area contributed by atoms with Gasteiger partial charge in [0.05, 0.1) is 5.92 Å². The number of nitrogens with zero attached hydrogens (tertiary/aromatic N) is 1. The first-order valence-corrected chi connectivity index (χ1v) is 9.60. The molecule has 1 atom stereocenters. The standard InChI is InChI=1S/C22H26ClNO/c1-17-6-8-19(9-7-17)22(25)21(18-10-12-20(23)13-11-18)16-24-14-4-2-3-5-15-24/h6-13,21H,2-5,14-16H2,1H3. The Morgan fingerprint density at radius 3 is 2.16 bits per heavy atom. The number of carbonyl (C=O) groups is 1. The molecule has 0 aliphatic carbocycles. The van der Waals surface area contributed by atoms with Crippen LogP contribution in [0.25, 0.3) is 0 Å². The molecule has 2 aromatic rings. The second-order valence-electron chi connectivity index (χ2n) is 7.05. The lowest BCUT2D eigenvalue weighted by atomic mass is 9.89. The summed E-state index contributed by atoms with van der Waals surface area (Å²) in [6, 6.07) is 15.7. The minimum atomic E-state index is -0.141. The van der Waals surface area contributed by atoms with E-state index in [9.17, 15) is 4.79 Å². The average Bonchev–Trinajstić information content (AvgIpc) is 2.89. The summed E-state index contributed by atoms with van der Waals surface area (Å²) in [5.41, 5.74) is 3.02. The highest BCUT2D eigenvalue weighted by Crippen LogP contribution is 2.25. The molecule has 2 nitrogen and oxygen atoms in total. The number of carbonyl (C=O) groups excluding carboxylic acids is 1. The molecule has 1 heterocycles. The van der Waals surface area contributed by atoms with Gasteiger partial charge in [0.25, 0.3) is 0 Å². The Morgan fingerprint density at radius 1 is 0.960 bits per heavy atom. The van der Waals surface area contributed by atoms with E-state index in [1.807, 2.05) is 55.5 Å². The van der Waals surface area contributed by atoms with Crippen LogP contribution >= 0.6 is 11.6 Å². The SMILES string of the molecule is Cc1ccc(C(=O)C(CN2CCCCCC2)c2ccc(Cl)cc2)cc1. The fraction of sp³-hybridized carbons (Fsp3) is 0.409. The second-order valence-corrected chi connectivity index (χ2v) is 7.49. The summed E-state index contributed by atoms with van der Waals surface area (Å²) < 4.78 is 0. The van der Waals surface area contributed by atoms with E-state index in [2.05, 4.69) is 4.90 Å². The topological polar surface area (TPSA) is 20.3 Å². The van der Waals surface area contributed by atoms with E-state index in [4.69, 9.17) is 11.6 Å². The van der Waals surface area contributed by atoms with Crippen molar-refractivity contribution < 1.29 is 4.79 Å². The van der Waals surface area contributed by atoms with Crippen LogP contribution in [0.4, 0.5) is 0 Å². The van der Waals surface area contributed by atoms with Crippen molar-refractivity contribution >= 4 is 17.4 Å². The summed E-state index contributed by atoms with van der Waals surface area (Å²) >= 11 is 6.05. The van der Waals surface area contributed by atoms with Crippen LogP contribution < -0.4 is 0 Å². The zero-order valence-corrected chi connectivity index (χ0v) is 15.6. The Labute approximate surface area is 155 Å². The van der Waals surface area contributed by atoms with Crippen molar-refractivity contribution in [3.05, 3.63) is 70.2 Å². The van der Waals surface area contributed by atoms with Crippen molar-refractivity contribution in [3.8, 4) is 0 Å². The fourth-order valence-corrected chi connectivity index (χ4v) is 3.66. The summed E-state index contributed by atoms with van der Waals surface area (Å²) in [5.74, 6) is 0.0599. The van der Waals surface area contributed by atoms with Crippen LogP contribution in [0.15, 0.2) is 48.5 Å². The quantitative estimate of drug-likeness (QED) is 0.661. The predicted octanol–water partition coefficient (Wildman–Crippen LogP) is 5.49. The lowest BCUT2D eigenvalue weighted by Crippen LogP contribution is -2.33. The predicted molar refractivity (Wildman–Crippen MR) is 105 cm³/mol. The van der Waals surface area contributed by atoms with E-state index in [0.717, 1.165) is 30.8 Å². The first-order chi connectivity index (χ1) is 12.1. The van der Waals surface area contributed by atoms with Gasteiger partial charge in [0.2, 0.25) is 0 Å². The van der Waals surface area contributed by atoms with Gasteiger partial charge in [-0.2, -0.15) is 0 Å². The van der Waals surface area contributed by atoms with E-state index in [1.165, 1.54) is 31.2 Å². The first-order valence-electron chi connectivity index (χ1n) is 9.22. The van der Waals surface area contributed by atoms with Crippen LogP contribution in [0.1, 0.15) is 53.1 Å². The van der Waals surface area contributed by atoms with Crippen molar-refractivity contribution in [2.24, 2.45) is 0 Å². The molecule has 3 rings (SSSR count). The summed E-state index contributed by atoms with van der Waals surface area (Å²) in [5, 5.41) is 0.708. The number of ketones is 1. The molecule has 1 unspecified atom stereocenters. The Balaban J connectivity index is 1.86. The smallest absolute Gasteiger partial charge is 0.171 e. The molecule has 0 spiro atoms. The Hall–Kier alpha value is -1.64. The van der Waals surface area contributed by atoms with Gasteiger partial charge in [0, 0.05) is 17.1 Å². The van der Waals surface area contributed by atoms with Crippen molar-refractivity contribution in [1.82, 2.24) is 4.90 Å². The van der Waals surface area contributed by atoms with E-state index in [0.29, 0.717) is 5.02 Å². The van der Waals surface area contributed by atoms with Crippen LogP contribution in [0.2, 0.25) is 5.02 Å². The third-order valence-corrected chi connectivity index (χ3v) is 5.32. The molecular weight excluding hydrogens is 330 g/mol. The molecule has 0 amide bonds. The molecule has 132 valence electrons. The zero-order valence-electron chi connectivity index (χ0n) is 14.9. The summed E-state index contributed by atoms with van der Waals surface area (Å²) in [4.78, 5) is 15.7. The number of rotatable bonds is 5. The van der Waals surface area contributed by atoms with Gasteiger partial charge in [0.1, 0.15) is 0 Å². The monoisotopic (exact) mass is 355 g/mol. The van der Waals surface area contributed by atoms with E-state index in [-0.39, 0.29) is 11.7 Å². The molecule has 0 aromatic heterocycles. The summed E-state index contributed by atoms with van der Waals surface area (Å²) in [6.07, 6.45) is 5.06. The van der Waals surface area contributed by atoms with Crippen molar-refractivity contribution in [2.45, 2.75) is 38.5 Å². The maximum Gasteiger partial charge on any atom is 0.171 e. The molecule has 25 heavy (non-hydrogen) atoms. The van der Waals surface area contributed by atoms with E-state index < -0.39 is 0 Å². The Kier molecular flexibility index (Phi) is 6.28. The van der Waals surface area contributed by atoms with Crippen LogP contribution in [0.3, 0.4) is 0 Å². The summed E-state index contributed by atoms with van der Waals surface area (Å²) in [7, 11) is 0. The molecule has 0 saturated carbocycles. The Morgan fingerprint density at radius 2 is 1.56 bits per heavy atom. The van der Waals surface area contributed by atoms with Crippen molar-refractivity contribution in [2.75, 3.05) is 19.6 Å². The van der Waals surface area contributed by atoms with Crippen molar-refractivity contribution in [3.63, 3.8) is 0 Å². The van der Waals surface area contributed by atoms with Gasteiger partial charge >= 0.3 is 0 Å². The highest BCUT2D eigenvalue weighted by molar-refractivity contribution is 6.30. The number of aryl methyl sites for hydroxylation is 1. The second kappa shape index (κ2) is 8.64. The van der Waals surface area contributed by atoms with Gasteiger partial charge in [-0.1, -0.05) is 66.4 Å². The highest BCUT2D eigenvalue weighted by atomic mass is 35.5. The number of hydrogen-bond donors (Lipinski definition) is 0. The molecule has 3 heteroatoms. The summed E-state index contributed by atoms with van der Waals surface area (Å²) in [6.45, 7) is 5.01. The van der Waals surface area contributed by atoms with E-state index >= 15 is 0 Å². The van der Waals surface area contributed by atoms with Gasteiger partial charge in [-0.25, -0.2) is 0 Å². The van der Waals surface area contributed by atoms with Gasteiger partial charge in [0.15, 0.2) is 5.78 Å². The number of benzene rings is 2. The number of likely N-dealkylation sites (tertiary alicyclic amines) is 1. The minimum absolute atomic E-state index is 0.141. The maximum atomic E-state index is 13.2. The molecule has 0 bridgehead atoms. The van der Waals surface area contributed by atoms with Gasteiger partial charge in [-0.15, -0.1) is 0 Å². The molecular formula is C22H26ClNO. The van der Waals surface area contributed by atoms with Gasteiger partial charge in [-0.3, -0.25) is 4.79 Å². The Bertz CT molecular complexity index is 685. The fourth-order valence-electron chi connectivity index (χ4n) is 3.53. The van der Waals surface area contributed by atoms with Crippen molar-refractivity contribution in [1.29, 1.82) is 0 Å². The lowest BCUT2D eigenvalue weighted by molar-refractivity contribution is 0.0934. The van der Waals surface area contributed by atoms with Gasteiger partial charge < -0.3 is 4.90 Å². The largest absolute Gasteiger partial charge is 0.302 e. The first kappa shape index (κ1) is 18.2.